The van der Waals surface area contributed by atoms with Gasteiger partial charge in [0.15, 0.2) is 25.4 Å². The van der Waals surface area contributed by atoms with Gasteiger partial charge in [-0.25, -0.2) is 4.57 Å². The summed E-state index contributed by atoms with van der Waals surface area (Å²) >= 11 is 0. The Hall–Kier alpha value is 0.380. The highest BCUT2D eigenvalue weighted by atomic mass is 31.2. The van der Waals surface area contributed by atoms with E-state index in [-0.39, 0.29) is 25.4 Å². The average Bonchev–Trinajstić information content (AvgIpc) is 2.07. The molecule has 0 atom stereocenters. The summed E-state index contributed by atoms with van der Waals surface area (Å²) in [4.78, 5) is 21.6. The summed E-state index contributed by atoms with van der Waals surface area (Å²) in [6.45, 7) is 0. The molecule has 0 saturated heterocycles. The highest BCUT2D eigenvalue weighted by molar-refractivity contribution is 7.75. The fourth-order valence-electron chi connectivity index (χ4n) is 0.268. The normalized spacial score (nSPS) is 11.9. The van der Waals surface area contributed by atoms with E-state index in [0.717, 1.165) is 0 Å². The van der Waals surface area contributed by atoms with Gasteiger partial charge in [0.1, 0.15) is 7.26 Å². The summed E-state index contributed by atoms with van der Waals surface area (Å²) in [6, 6.07) is 0. The Balaban J connectivity index is 0. The van der Waals surface area contributed by atoms with Crippen LogP contribution in [-0.2, 0) is 4.57 Å². The standard InChI is InChI=1S/C4H12O4P.H3O4P/c5-1-9(2-6,3-7)4-8;1-5(2,3)4/h5-8H,1-4H2;(H3,1,2,3,4)/q+1;. The molecule has 0 aliphatic rings. The number of aliphatic hydroxyl groups excluding tert-OH is 4. The van der Waals surface area contributed by atoms with E-state index in [1.165, 1.54) is 0 Å². The largest absolute Gasteiger partial charge is 0.466 e. The first-order valence-electron chi connectivity index (χ1n) is 3.31. The molecule has 7 N–H and O–H groups in total. The molecule has 0 heterocycles. The van der Waals surface area contributed by atoms with Gasteiger partial charge in [0.05, 0.1) is 0 Å². The van der Waals surface area contributed by atoms with Gasteiger partial charge >= 0.3 is 7.82 Å². The predicted molar refractivity (Wildman–Crippen MR) is 49.5 cm³/mol. The topological polar surface area (TPSA) is 159 Å². The van der Waals surface area contributed by atoms with Crippen molar-refractivity contribution in [1.82, 2.24) is 0 Å². The maximum Gasteiger partial charge on any atom is 0.466 e. The van der Waals surface area contributed by atoms with Gasteiger partial charge in [-0.3, -0.25) is 0 Å². The second kappa shape index (κ2) is 7.64. The van der Waals surface area contributed by atoms with E-state index in [2.05, 4.69) is 0 Å². The average molecular weight is 253 g/mol. The Labute approximate surface area is 81.0 Å². The molecular weight excluding hydrogens is 238 g/mol. The van der Waals surface area contributed by atoms with Crippen LogP contribution in [0.15, 0.2) is 0 Å². The summed E-state index contributed by atoms with van der Waals surface area (Å²) in [7, 11) is -6.84. The van der Waals surface area contributed by atoms with Crippen molar-refractivity contribution >= 4 is 15.1 Å². The lowest BCUT2D eigenvalue weighted by Crippen LogP contribution is -2.10. The zero-order chi connectivity index (χ0) is 11.8. The molecule has 0 saturated carbocycles. The van der Waals surface area contributed by atoms with Crippen LogP contribution in [0.4, 0.5) is 0 Å². The molecule has 0 aliphatic heterocycles. The first kappa shape index (κ1) is 16.8. The molecule has 10 heteroatoms. The number of hydrogen-bond acceptors (Lipinski definition) is 5. The summed E-state index contributed by atoms with van der Waals surface area (Å²) in [5.74, 6) is 0. The molecule has 0 rings (SSSR count). The Morgan fingerprint density at radius 2 is 0.929 bits per heavy atom. The zero-order valence-corrected chi connectivity index (χ0v) is 9.05. The third-order valence-corrected chi connectivity index (χ3v) is 3.60. The van der Waals surface area contributed by atoms with Crippen LogP contribution in [0.25, 0.3) is 0 Å². The van der Waals surface area contributed by atoms with Gasteiger partial charge in [-0.1, -0.05) is 0 Å². The lowest BCUT2D eigenvalue weighted by molar-refractivity contribution is 0.275. The number of hydrogen-bond donors (Lipinski definition) is 7. The highest BCUT2D eigenvalue weighted by Gasteiger charge is 2.34. The lowest BCUT2D eigenvalue weighted by atomic mass is 11.6. The van der Waals surface area contributed by atoms with Crippen molar-refractivity contribution in [2.24, 2.45) is 0 Å². The minimum absolute atomic E-state index is 0.295. The zero-order valence-electron chi connectivity index (χ0n) is 7.26. The molecule has 0 fully saturated rings. The van der Waals surface area contributed by atoms with Gasteiger partial charge in [-0.15, -0.1) is 0 Å². The summed E-state index contributed by atoms with van der Waals surface area (Å²) in [5, 5.41) is 34.2. The SMILES string of the molecule is O=P(O)(O)O.OC[P+](CO)(CO)CO. The van der Waals surface area contributed by atoms with E-state index in [0.29, 0.717) is 0 Å². The van der Waals surface area contributed by atoms with E-state index in [1.54, 1.807) is 0 Å². The van der Waals surface area contributed by atoms with Crippen molar-refractivity contribution in [1.29, 1.82) is 0 Å². The smallest absolute Gasteiger partial charge is 0.361 e. The van der Waals surface area contributed by atoms with Crippen molar-refractivity contribution < 1.29 is 39.7 Å². The van der Waals surface area contributed by atoms with Gasteiger partial charge < -0.3 is 35.1 Å². The van der Waals surface area contributed by atoms with Crippen LogP contribution >= 0.6 is 15.1 Å². The minimum Gasteiger partial charge on any atom is -0.361 e. The van der Waals surface area contributed by atoms with E-state index in [4.69, 9.17) is 39.7 Å². The second-order valence-electron chi connectivity index (χ2n) is 2.42. The molecule has 88 valence electrons. The number of rotatable bonds is 4. The van der Waals surface area contributed by atoms with Gasteiger partial charge in [0.25, 0.3) is 0 Å². The fourth-order valence-corrected chi connectivity index (χ4v) is 0.805. The Morgan fingerprint density at radius 3 is 0.929 bits per heavy atom. The quantitative estimate of drug-likeness (QED) is 0.280. The van der Waals surface area contributed by atoms with Gasteiger partial charge in [-0.2, -0.15) is 0 Å². The molecule has 0 aromatic rings. The molecule has 0 aliphatic carbocycles. The van der Waals surface area contributed by atoms with Crippen molar-refractivity contribution in [2.75, 3.05) is 25.4 Å². The van der Waals surface area contributed by atoms with Crippen molar-refractivity contribution in [3.05, 3.63) is 0 Å². The first-order chi connectivity index (χ1) is 6.24. The number of phosphoric acid groups is 1. The fraction of sp³-hybridized carbons (Fsp3) is 1.00. The van der Waals surface area contributed by atoms with E-state index < -0.39 is 15.1 Å². The van der Waals surface area contributed by atoms with Crippen LogP contribution in [0.1, 0.15) is 0 Å². The summed E-state index contributed by atoms with van der Waals surface area (Å²) < 4.78 is 8.88. The maximum atomic E-state index is 8.88. The molecule has 0 aromatic carbocycles. The van der Waals surface area contributed by atoms with Gasteiger partial charge in [-0.05, 0) is 0 Å². The Bertz CT molecular complexity index is 148. The molecule has 0 bridgehead atoms. The van der Waals surface area contributed by atoms with Gasteiger partial charge in [0, 0.05) is 0 Å². The van der Waals surface area contributed by atoms with Crippen LogP contribution in [0.5, 0.6) is 0 Å². The van der Waals surface area contributed by atoms with Crippen molar-refractivity contribution in [2.45, 2.75) is 0 Å². The van der Waals surface area contributed by atoms with Crippen LogP contribution in [0.3, 0.4) is 0 Å². The molecule has 0 aromatic heterocycles. The maximum absolute atomic E-state index is 8.88. The first-order valence-corrected chi connectivity index (χ1v) is 7.41. The second-order valence-corrected chi connectivity index (χ2v) is 7.26. The molecular formula is C4H15O8P2+. The monoisotopic (exact) mass is 253 g/mol. The molecule has 0 amide bonds. The Morgan fingerprint density at radius 1 is 0.786 bits per heavy atom. The molecule has 0 radical (unpaired) electrons. The highest BCUT2D eigenvalue weighted by Crippen LogP contribution is 2.54. The van der Waals surface area contributed by atoms with Gasteiger partial charge in [0.2, 0.25) is 0 Å². The van der Waals surface area contributed by atoms with Crippen LogP contribution in [-0.4, -0.2) is 60.5 Å². The minimum atomic E-state index is -4.64. The summed E-state index contributed by atoms with van der Waals surface area (Å²) in [6.07, 6.45) is -1.18. The molecule has 0 spiro atoms. The third kappa shape index (κ3) is 10.5. The molecule has 8 nitrogen and oxygen atoms in total. The predicted octanol–water partition coefficient (Wildman–Crippen LogP) is -2.13. The Kier molecular flexibility index (Phi) is 9.17. The summed E-state index contributed by atoms with van der Waals surface area (Å²) in [5.41, 5.74) is 0. The van der Waals surface area contributed by atoms with Crippen LogP contribution < -0.4 is 0 Å². The van der Waals surface area contributed by atoms with E-state index >= 15 is 0 Å². The van der Waals surface area contributed by atoms with Crippen LogP contribution in [0.2, 0.25) is 0 Å². The lowest BCUT2D eigenvalue weighted by Gasteiger charge is -2.15. The van der Waals surface area contributed by atoms with Crippen molar-refractivity contribution in [3.63, 3.8) is 0 Å². The van der Waals surface area contributed by atoms with E-state index in [1.807, 2.05) is 0 Å². The van der Waals surface area contributed by atoms with E-state index in [9.17, 15) is 0 Å². The molecule has 14 heavy (non-hydrogen) atoms. The third-order valence-electron chi connectivity index (χ3n) is 1.20. The number of aliphatic hydroxyl groups is 4. The molecule has 0 unspecified atom stereocenters. The van der Waals surface area contributed by atoms with Crippen molar-refractivity contribution in [3.8, 4) is 0 Å². The van der Waals surface area contributed by atoms with Crippen LogP contribution in [0, 0.1) is 0 Å².